The number of nitrogens with zero attached hydrogens (tertiary/aromatic N) is 1. The molecule has 0 saturated carbocycles. The number of aryl methyl sites for hydroxylation is 2. The second-order valence-electron chi connectivity index (χ2n) is 6.08. The number of carbonyl (C=O) groups is 1. The summed E-state index contributed by atoms with van der Waals surface area (Å²) in [7, 11) is -1.33. The Morgan fingerprint density at radius 2 is 1.75 bits per heavy atom. The summed E-state index contributed by atoms with van der Waals surface area (Å²) in [5, 5.41) is 0. The molecule has 0 unspecified atom stereocenters. The molecule has 1 heterocycles. The van der Waals surface area contributed by atoms with Crippen LogP contribution in [-0.2, 0) is 9.84 Å². The van der Waals surface area contributed by atoms with E-state index < -0.39 is 15.4 Å². The lowest BCUT2D eigenvalue weighted by molar-refractivity contribution is 0.0638. The average Bonchev–Trinajstić information content (AvgIpc) is 2.61. The van der Waals surface area contributed by atoms with Gasteiger partial charge in [-0.25, -0.2) is 8.42 Å². The van der Waals surface area contributed by atoms with Gasteiger partial charge in [0.05, 0.1) is 17.0 Å². The lowest BCUT2D eigenvalue weighted by Gasteiger charge is -2.34. The molecular formula is C15H21NO3S. The van der Waals surface area contributed by atoms with Gasteiger partial charge >= 0.3 is 0 Å². The summed E-state index contributed by atoms with van der Waals surface area (Å²) >= 11 is 0. The quantitative estimate of drug-likeness (QED) is 0.838. The Labute approximate surface area is 120 Å². The normalized spacial score (nSPS) is 24.6. The molecule has 0 aromatic heterocycles. The van der Waals surface area contributed by atoms with Crippen LogP contribution in [0.5, 0.6) is 0 Å². The van der Waals surface area contributed by atoms with Crippen molar-refractivity contribution >= 4 is 15.7 Å². The molecule has 1 aliphatic rings. The van der Waals surface area contributed by atoms with E-state index in [0.29, 0.717) is 12.0 Å². The van der Waals surface area contributed by atoms with Crippen LogP contribution in [0.1, 0.15) is 34.8 Å². The maximum atomic E-state index is 12.6. The van der Waals surface area contributed by atoms with Gasteiger partial charge in [0.2, 0.25) is 0 Å². The smallest absolute Gasteiger partial charge is 0.254 e. The van der Waals surface area contributed by atoms with Crippen LogP contribution < -0.4 is 0 Å². The zero-order valence-corrected chi connectivity index (χ0v) is 13.3. The van der Waals surface area contributed by atoms with E-state index in [9.17, 15) is 13.2 Å². The molecule has 1 amide bonds. The molecule has 1 atom stereocenters. The number of hydrogen-bond acceptors (Lipinski definition) is 3. The van der Waals surface area contributed by atoms with Gasteiger partial charge in [0.1, 0.15) is 0 Å². The van der Waals surface area contributed by atoms with Crippen molar-refractivity contribution in [3.8, 4) is 0 Å². The van der Waals surface area contributed by atoms with Crippen LogP contribution >= 0.6 is 0 Å². The molecule has 0 bridgehead atoms. The van der Waals surface area contributed by atoms with E-state index in [1.807, 2.05) is 39.0 Å². The molecular weight excluding hydrogens is 274 g/mol. The van der Waals surface area contributed by atoms with Gasteiger partial charge in [-0.05, 0) is 39.3 Å². The van der Waals surface area contributed by atoms with Crippen LogP contribution in [0.15, 0.2) is 18.2 Å². The van der Waals surface area contributed by atoms with Crippen LogP contribution in [0, 0.1) is 13.8 Å². The molecule has 0 radical (unpaired) electrons. The summed E-state index contributed by atoms with van der Waals surface area (Å²) in [5.41, 5.74) is 2.08. The Bertz CT molecular complexity index is 631. The van der Waals surface area contributed by atoms with E-state index in [2.05, 4.69) is 0 Å². The van der Waals surface area contributed by atoms with Crippen molar-refractivity contribution in [1.29, 1.82) is 0 Å². The standard InChI is InChI=1S/C15H21NO3S/c1-11-7-12(2)9-13(8-11)14(17)16(4)15(3)5-6-20(18,19)10-15/h7-9H,5-6,10H2,1-4H3/t15-/m0/s1. The van der Waals surface area contributed by atoms with E-state index in [0.717, 1.165) is 11.1 Å². The number of rotatable bonds is 2. The molecule has 1 aliphatic heterocycles. The van der Waals surface area contributed by atoms with Crippen LogP contribution in [-0.4, -0.2) is 43.3 Å². The molecule has 0 aliphatic carbocycles. The number of hydrogen-bond donors (Lipinski definition) is 0. The minimum atomic E-state index is -3.02. The molecule has 0 spiro atoms. The van der Waals surface area contributed by atoms with E-state index in [4.69, 9.17) is 0 Å². The van der Waals surface area contributed by atoms with Gasteiger partial charge in [-0.2, -0.15) is 0 Å². The SMILES string of the molecule is Cc1cc(C)cc(C(=O)N(C)[C@@]2(C)CCS(=O)(=O)C2)c1. The number of benzene rings is 1. The molecule has 1 aromatic carbocycles. The van der Waals surface area contributed by atoms with Gasteiger partial charge in [0, 0.05) is 12.6 Å². The van der Waals surface area contributed by atoms with Gasteiger partial charge in [-0.1, -0.05) is 17.2 Å². The molecule has 4 nitrogen and oxygen atoms in total. The largest absolute Gasteiger partial charge is 0.335 e. The van der Waals surface area contributed by atoms with Gasteiger partial charge in [0.15, 0.2) is 9.84 Å². The predicted molar refractivity (Wildman–Crippen MR) is 79.7 cm³/mol. The molecule has 1 saturated heterocycles. The fourth-order valence-electron chi connectivity index (χ4n) is 2.79. The van der Waals surface area contributed by atoms with Crippen LogP contribution in [0.2, 0.25) is 0 Å². The van der Waals surface area contributed by atoms with E-state index in [-0.39, 0.29) is 17.4 Å². The Morgan fingerprint density at radius 3 is 2.20 bits per heavy atom. The number of sulfone groups is 1. The first kappa shape index (κ1) is 15.0. The highest BCUT2D eigenvalue weighted by atomic mass is 32.2. The third kappa shape index (κ3) is 2.87. The predicted octanol–water partition coefficient (Wildman–Crippen LogP) is 1.95. The maximum Gasteiger partial charge on any atom is 0.254 e. The fraction of sp³-hybridized carbons (Fsp3) is 0.533. The summed E-state index contributed by atoms with van der Waals surface area (Å²) in [6, 6.07) is 5.70. The van der Waals surface area contributed by atoms with Gasteiger partial charge < -0.3 is 4.90 Å². The highest BCUT2D eigenvalue weighted by molar-refractivity contribution is 7.91. The first-order valence-electron chi connectivity index (χ1n) is 6.70. The lowest BCUT2D eigenvalue weighted by Crippen LogP contribution is -2.48. The molecule has 110 valence electrons. The number of amides is 1. The first-order chi connectivity index (χ1) is 9.13. The van der Waals surface area contributed by atoms with Crippen molar-refractivity contribution in [2.45, 2.75) is 32.7 Å². The third-order valence-corrected chi connectivity index (χ3v) is 5.95. The van der Waals surface area contributed by atoms with Gasteiger partial charge in [0.25, 0.3) is 5.91 Å². The Hall–Kier alpha value is -1.36. The zero-order valence-electron chi connectivity index (χ0n) is 12.4. The summed E-state index contributed by atoms with van der Waals surface area (Å²) < 4.78 is 23.4. The molecule has 1 fully saturated rings. The lowest BCUT2D eigenvalue weighted by atomic mass is 9.98. The van der Waals surface area contributed by atoms with Crippen molar-refractivity contribution in [3.05, 3.63) is 34.9 Å². The Balaban J connectivity index is 2.29. The topological polar surface area (TPSA) is 54.5 Å². The third-order valence-electron chi connectivity index (χ3n) is 4.07. The minimum Gasteiger partial charge on any atom is -0.335 e. The summed E-state index contributed by atoms with van der Waals surface area (Å²) in [6.45, 7) is 5.75. The van der Waals surface area contributed by atoms with E-state index in [1.54, 1.807) is 11.9 Å². The Kier molecular flexibility index (Phi) is 3.67. The van der Waals surface area contributed by atoms with E-state index in [1.165, 1.54) is 0 Å². The molecule has 0 N–H and O–H groups in total. The molecule has 1 aromatic rings. The van der Waals surface area contributed by atoms with Crippen molar-refractivity contribution in [2.75, 3.05) is 18.6 Å². The monoisotopic (exact) mass is 295 g/mol. The minimum absolute atomic E-state index is 0.0486. The van der Waals surface area contributed by atoms with Crippen molar-refractivity contribution < 1.29 is 13.2 Å². The van der Waals surface area contributed by atoms with Crippen LogP contribution in [0.4, 0.5) is 0 Å². The second kappa shape index (κ2) is 4.88. The number of carbonyl (C=O) groups excluding carboxylic acids is 1. The maximum absolute atomic E-state index is 12.6. The zero-order chi connectivity index (χ0) is 15.1. The highest BCUT2D eigenvalue weighted by Gasteiger charge is 2.43. The van der Waals surface area contributed by atoms with E-state index >= 15 is 0 Å². The van der Waals surface area contributed by atoms with Gasteiger partial charge in [-0.15, -0.1) is 0 Å². The summed E-state index contributed by atoms with van der Waals surface area (Å²) in [5.74, 6) is 0.0949. The van der Waals surface area contributed by atoms with Crippen molar-refractivity contribution in [2.24, 2.45) is 0 Å². The molecule has 5 heteroatoms. The van der Waals surface area contributed by atoms with Crippen molar-refractivity contribution in [3.63, 3.8) is 0 Å². The van der Waals surface area contributed by atoms with Gasteiger partial charge in [-0.3, -0.25) is 4.79 Å². The van der Waals surface area contributed by atoms with Crippen LogP contribution in [0.25, 0.3) is 0 Å². The summed E-state index contributed by atoms with van der Waals surface area (Å²) in [4.78, 5) is 14.2. The second-order valence-corrected chi connectivity index (χ2v) is 8.26. The van der Waals surface area contributed by atoms with Crippen LogP contribution in [0.3, 0.4) is 0 Å². The average molecular weight is 295 g/mol. The molecule has 2 rings (SSSR count). The molecule has 20 heavy (non-hydrogen) atoms. The summed E-state index contributed by atoms with van der Waals surface area (Å²) in [6.07, 6.45) is 0.502. The fourth-order valence-corrected chi connectivity index (χ4v) is 4.98. The highest BCUT2D eigenvalue weighted by Crippen LogP contribution is 2.29. The Morgan fingerprint density at radius 1 is 1.20 bits per heavy atom. The first-order valence-corrected chi connectivity index (χ1v) is 8.52. The van der Waals surface area contributed by atoms with Crippen molar-refractivity contribution in [1.82, 2.24) is 4.90 Å².